The number of thioether (sulfide) groups is 1. The maximum absolute atomic E-state index is 13.7. The first-order valence-corrected chi connectivity index (χ1v) is 53.4. The van der Waals surface area contributed by atoms with Crippen molar-refractivity contribution in [3.05, 3.63) is 299 Å². The van der Waals surface area contributed by atoms with E-state index in [2.05, 4.69) is 19.5 Å². The number of rotatable bonds is 30. The standard InChI is InChI=1S/C28H32ClN3O4.C24H26N2O4S.C22H26N2O6S.C19H14N4O5S2.C14H16N2O3S/c1-19-14-21(31-36-19)15-22(33)11-12-26(35)32(18-20-8-7-13-30-17-20)27(25(34)16-28(2,3)4)23-9-5-6-10-24(23)29;1-17(18-8-4-3-5-9-18)14-23(27)21-16-25(2)22-11-10-19(15-20(22)24(21)28)31(29,30)26-12-6-7-13-26;1-16-3-5-19(17(2)13-16)30-15-22(25)23-7-9-24(10-8-23)31(26,27)18-4-6-20-21(14-18)29-12-11-28-20;1-26-14-9-10(5-6-12(14)28-17(25)13-4-3-7-27-13)8-11-15(20)23-18(21-16(11)24)30-22-19(23)29-2;1-4-19-13(17)12-9(2)16(14(15)20-12)10-5-7-11(18-3)8-6-10/h5-10,13-14,17,27H,11-12,15-16,18H2,1-4H3;3-5,8-11,15-17H,6-7,12-14H2,1-2H3;3-6,13-14H,7-12,15H2,1-2H3;3-9,20H,1-2H3;5-8,15H,4H2,1-3H3/b;;;11-8-,20-15?;. The van der Waals surface area contributed by atoms with Crippen LogP contribution in [0, 0.1) is 43.9 Å². The Kier molecular flexibility index (Phi) is 37.8. The van der Waals surface area contributed by atoms with Crippen molar-refractivity contribution >= 4 is 147 Å². The van der Waals surface area contributed by atoms with Crippen LogP contribution >= 0.6 is 46.6 Å². The molecule has 2 unspecified atom stereocenters. The fraction of sp³-hybridized carbons (Fsp3) is 0.318. The summed E-state index contributed by atoms with van der Waals surface area (Å²) < 4.78 is 110. The maximum Gasteiger partial charge on any atom is 0.379 e. The van der Waals surface area contributed by atoms with Gasteiger partial charge in [0.15, 0.2) is 56.6 Å². The van der Waals surface area contributed by atoms with E-state index in [1.807, 2.05) is 134 Å². The van der Waals surface area contributed by atoms with E-state index in [0.29, 0.717) is 117 Å². The number of esters is 2. The Morgan fingerprint density at radius 2 is 1.41 bits per heavy atom. The zero-order chi connectivity index (χ0) is 106. The number of fused-ring (bicyclic) bond motifs is 3. The fourth-order valence-electron chi connectivity index (χ4n) is 16.5. The van der Waals surface area contributed by atoms with Crippen LogP contribution in [0.25, 0.3) is 22.7 Å². The average Bonchev–Trinajstić information content (AvgIpc) is 1.11. The zero-order valence-corrected chi connectivity index (χ0v) is 88.7. The van der Waals surface area contributed by atoms with Crippen LogP contribution in [0.5, 0.6) is 34.5 Å². The summed E-state index contributed by atoms with van der Waals surface area (Å²) >= 11 is 10.1. The maximum atomic E-state index is 13.7. The van der Waals surface area contributed by atoms with Crippen LogP contribution in [-0.4, -0.2) is 209 Å². The molecule has 2 saturated heterocycles. The molecular weight excluding hydrogens is 2020 g/mol. The molecule has 41 heteroatoms. The molecule has 0 bridgehead atoms. The second-order valence-electron chi connectivity index (χ2n) is 36.0. The number of hydrogen-bond donors (Lipinski definition) is 2. The Balaban J connectivity index is 0.000000156. The van der Waals surface area contributed by atoms with Crippen molar-refractivity contribution in [1.82, 2.24) is 42.6 Å². The Morgan fingerprint density at radius 3 is 2.06 bits per heavy atom. The van der Waals surface area contributed by atoms with E-state index in [1.54, 1.807) is 127 Å². The van der Waals surface area contributed by atoms with Crippen LogP contribution in [0.1, 0.15) is 166 Å². The summed E-state index contributed by atoms with van der Waals surface area (Å²) in [5.74, 6) is 1.02. The van der Waals surface area contributed by atoms with E-state index < -0.39 is 43.4 Å². The van der Waals surface area contributed by atoms with Gasteiger partial charge in [-0.3, -0.25) is 53.9 Å². The Morgan fingerprint density at radius 1 is 0.723 bits per heavy atom. The summed E-state index contributed by atoms with van der Waals surface area (Å²) in [6.07, 6.45) is 11.8. The lowest BCUT2D eigenvalue weighted by molar-refractivity contribution is -0.142. The van der Waals surface area contributed by atoms with Gasteiger partial charge < -0.3 is 56.5 Å². The number of amidine groups is 3. The van der Waals surface area contributed by atoms with E-state index in [-0.39, 0.29) is 159 Å². The number of nitrogens with one attached hydrogen (secondary N) is 2. The molecule has 12 aromatic rings. The monoisotopic (exact) mass is 2130 g/mol. The van der Waals surface area contributed by atoms with Crippen molar-refractivity contribution in [3.63, 3.8) is 0 Å². The van der Waals surface area contributed by atoms with Gasteiger partial charge in [-0.05, 0) is 190 Å². The number of benzene rings is 7. The molecule has 2 fully saturated rings. The molecule has 5 aromatic heterocycles. The van der Waals surface area contributed by atoms with Crippen molar-refractivity contribution in [3.8, 4) is 40.2 Å². The van der Waals surface area contributed by atoms with E-state index in [9.17, 15) is 60.0 Å². The van der Waals surface area contributed by atoms with Gasteiger partial charge in [0.2, 0.25) is 36.9 Å². The molecule has 0 aliphatic carbocycles. The number of carbonyl (C=O) groups excluding carboxylic acids is 8. The molecular formula is C107H114ClN13O22S5. The molecule has 7 aromatic carbocycles. The molecule has 148 heavy (non-hydrogen) atoms. The fourth-order valence-corrected chi connectivity index (χ4v) is 22.1. The number of aromatic nitrogens is 4. The van der Waals surface area contributed by atoms with Crippen molar-refractivity contribution < 1.29 is 97.3 Å². The third kappa shape index (κ3) is 28.0. The quantitative estimate of drug-likeness (QED) is 0.0139. The van der Waals surface area contributed by atoms with Crippen molar-refractivity contribution in [2.24, 2.45) is 21.9 Å². The van der Waals surface area contributed by atoms with Crippen molar-refractivity contribution in [2.75, 3.05) is 86.2 Å². The van der Waals surface area contributed by atoms with Crippen LogP contribution in [0.4, 0.5) is 0 Å². The average molecular weight is 2130 g/mol. The van der Waals surface area contributed by atoms with Gasteiger partial charge in [-0.2, -0.15) is 18.0 Å². The minimum atomic E-state index is -3.68. The summed E-state index contributed by atoms with van der Waals surface area (Å²) in [5, 5.41) is 21.9. The SMILES string of the molecule is CC(CC(=O)c1cn(C)c2ccc(S(=O)(=O)N3CCCC3)cc2c1=O)c1ccccc1.CCOC(=O)c1sc(=N)n(-c2ccc(OC)cc2)c1C.COc1cc(/C=C2/C(=N)N3C(SC)=NSC3=NC2=O)ccc1OC(=O)c1ccco1.Cc1cc(CC(=O)CCC(=O)N(Cc2cccnc2)C(C(=O)CC(C)(C)C)c2ccccc2Cl)no1.Cc1ccc(OCC(=O)N2CCN(S(=O)(=O)c3ccc4c(c3)OCCO4)CC2)c(C)c1. The second kappa shape index (κ2) is 50.4. The number of nitrogens with zero attached hydrogens (tertiary/aromatic N) is 11. The topological polar surface area (TPSA) is 437 Å². The molecule has 3 amide bonds. The normalized spacial score (nSPS) is 14.7. The number of aryl methyl sites for hydroxylation is 4. The Hall–Kier alpha value is -14.3. The summed E-state index contributed by atoms with van der Waals surface area (Å²) in [6.45, 7) is 20.5. The summed E-state index contributed by atoms with van der Waals surface area (Å²) in [7, 11) is -2.53. The molecule has 35 nitrogen and oxygen atoms in total. The largest absolute Gasteiger partial charge is 0.497 e. The lowest BCUT2D eigenvalue weighted by Gasteiger charge is -2.34. The minimum absolute atomic E-state index is 0.00427. The molecule has 0 spiro atoms. The van der Waals surface area contributed by atoms with Gasteiger partial charge in [0.25, 0.3) is 11.8 Å². The number of amides is 3. The van der Waals surface area contributed by atoms with E-state index in [1.165, 1.54) is 86.0 Å². The summed E-state index contributed by atoms with van der Waals surface area (Å²) in [5.41, 5.74) is 7.22. The van der Waals surface area contributed by atoms with E-state index >= 15 is 0 Å². The van der Waals surface area contributed by atoms with E-state index in [0.717, 1.165) is 69.8 Å². The summed E-state index contributed by atoms with van der Waals surface area (Å²) in [4.78, 5) is 129. The van der Waals surface area contributed by atoms with Gasteiger partial charge >= 0.3 is 11.9 Å². The number of methoxy groups -OCH3 is 2. The van der Waals surface area contributed by atoms with Crippen LogP contribution < -0.4 is 38.7 Å². The molecule has 776 valence electrons. The first kappa shape index (κ1) is 111. The van der Waals surface area contributed by atoms with Crippen molar-refractivity contribution in [1.29, 1.82) is 10.8 Å². The first-order chi connectivity index (χ1) is 70.7. The van der Waals surface area contributed by atoms with Gasteiger partial charge in [-0.15, -0.1) is 0 Å². The Labute approximate surface area is 874 Å². The summed E-state index contributed by atoms with van der Waals surface area (Å²) in [6, 6.07) is 51.4. The molecule has 10 heterocycles. The van der Waals surface area contributed by atoms with Gasteiger partial charge in [0.1, 0.15) is 53.0 Å². The third-order valence-corrected chi connectivity index (χ3v) is 30.6. The molecule has 17 rings (SSSR count). The van der Waals surface area contributed by atoms with E-state index in [4.69, 9.17) is 64.5 Å². The highest BCUT2D eigenvalue weighted by molar-refractivity contribution is 8.18. The second-order valence-corrected chi connectivity index (χ2v) is 42.8. The zero-order valence-electron chi connectivity index (χ0n) is 83.9. The number of halogens is 1. The molecule has 2 N–H and O–H groups in total. The molecule has 2 atom stereocenters. The van der Waals surface area contributed by atoms with Crippen LogP contribution in [0.15, 0.2) is 245 Å². The highest BCUT2D eigenvalue weighted by atomic mass is 35.5. The number of hydrogen-bond acceptors (Lipinski definition) is 30. The number of thiazole rings is 1. The van der Waals surface area contributed by atoms with Gasteiger partial charge in [-0.25, -0.2) is 31.3 Å². The number of pyridine rings is 2. The minimum Gasteiger partial charge on any atom is -0.497 e. The molecule has 5 aliphatic heterocycles. The number of sulfonamides is 2. The number of ketones is 3. The number of furan rings is 1. The van der Waals surface area contributed by atoms with Gasteiger partial charge in [0.05, 0.1) is 77.6 Å². The third-order valence-electron chi connectivity index (χ3n) is 24.0. The van der Waals surface area contributed by atoms with Crippen molar-refractivity contribution in [2.45, 2.75) is 136 Å². The smallest absolute Gasteiger partial charge is 0.379 e. The number of aliphatic imine (C=N–C) groups is 1. The van der Waals surface area contributed by atoms with Gasteiger partial charge in [0, 0.05) is 137 Å². The Bertz CT molecular complexity index is 7380. The highest BCUT2D eigenvalue weighted by Crippen LogP contribution is 2.39. The lowest BCUT2D eigenvalue weighted by atomic mass is 9.85. The number of ether oxygens (including phenoxy) is 7. The number of piperazine rings is 1. The number of Topliss-reactive ketones (excluding diaryl/α,β-unsaturated/α-hetero) is 3. The predicted molar refractivity (Wildman–Crippen MR) is 564 cm³/mol. The number of carbonyl (C=O) groups is 8. The van der Waals surface area contributed by atoms with Crippen LogP contribution in [0.3, 0.4) is 0 Å². The van der Waals surface area contributed by atoms with Crippen LogP contribution in [0.2, 0.25) is 5.02 Å². The molecule has 0 radical (unpaired) electrons. The first-order valence-electron chi connectivity index (χ1n) is 47.3. The molecule has 5 aliphatic rings. The van der Waals surface area contributed by atoms with Crippen LogP contribution in [-0.2, 0) is 68.8 Å². The molecule has 0 saturated carbocycles. The lowest BCUT2D eigenvalue weighted by Crippen LogP contribution is -2.51. The highest BCUT2D eigenvalue weighted by Gasteiger charge is 2.40. The predicted octanol–water partition coefficient (Wildman–Crippen LogP) is 17.3. The van der Waals surface area contributed by atoms with Gasteiger partial charge in [-0.1, -0.05) is 146 Å².